The van der Waals surface area contributed by atoms with Crippen LogP contribution in [0.5, 0.6) is 0 Å². The minimum Gasteiger partial charge on any atom is -0.478 e. The van der Waals surface area contributed by atoms with Gasteiger partial charge in [-0.2, -0.15) is 0 Å². The fourth-order valence-corrected chi connectivity index (χ4v) is 1.82. The summed E-state index contributed by atoms with van der Waals surface area (Å²) in [5.74, 6) is -1.61. The fraction of sp³-hybridized carbons (Fsp3) is 0.0667. The first kappa shape index (κ1) is 20.4. The molecule has 25 heavy (non-hydrogen) atoms. The summed E-state index contributed by atoms with van der Waals surface area (Å²) < 4.78 is 4.47. The minimum absolute atomic E-state index is 0.124. The Bertz CT molecular complexity index is 716. The first-order valence-corrected chi connectivity index (χ1v) is 7.00. The van der Waals surface area contributed by atoms with E-state index in [0.29, 0.717) is 0 Å². The van der Waals surface area contributed by atoms with Crippen molar-refractivity contribution in [1.29, 1.82) is 0 Å². The van der Waals surface area contributed by atoms with Crippen LogP contribution in [0.1, 0.15) is 20.7 Å². The van der Waals surface area contributed by atoms with Crippen LogP contribution < -0.4 is 10.9 Å². The molecule has 0 aromatic heterocycles. The van der Waals surface area contributed by atoms with E-state index in [-0.39, 0.29) is 22.1 Å². The molecule has 130 valence electrons. The average Bonchev–Trinajstić information content (AvgIpc) is 2.61. The zero-order valence-electron chi connectivity index (χ0n) is 13.2. The minimum atomic E-state index is -1.66. The van der Waals surface area contributed by atoms with E-state index in [9.17, 15) is 9.59 Å². The Labute approximate surface area is 144 Å². The van der Waals surface area contributed by atoms with Gasteiger partial charge in [-0.3, -0.25) is 0 Å². The smallest absolute Gasteiger partial charge is 0.478 e. The quantitative estimate of drug-likeness (QED) is 0.323. The van der Waals surface area contributed by atoms with Crippen molar-refractivity contribution >= 4 is 37.1 Å². The molecule has 0 spiro atoms. The van der Waals surface area contributed by atoms with Crippen molar-refractivity contribution in [3.8, 4) is 0 Å². The van der Waals surface area contributed by atoms with Gasteiger partial charge in [-0.25, -0.2) is 9.59 Å². The van der Waals surface area contributed by atoms with Crippen molar-refractivity contribution in [1.82, 2.24) is 0 Å². The van der Waals surface area contributed by atoms with Gasteiger partial charge in [0.05, 0.1) is 18.2 Å². The van der Waals surface area contributed by atoms with Gasteiger partial charge in [0, 0.05) is 0 Å². The van der Waals surface area contributed by atoms with Gasteiger partial charge >= 0.3 is 26.2 Å². The number of esters is 1. The molecule has 0 aliphatic carbocycles. The molecule has 0 fully saturated rings. The second kappa shape index (κ2) is 9.60. The fourth-order valence-electron chi connectivity index (χ4n) is 1.82. The summed E-state index contributed by atoms with van der Waals surface area (Å²) in [7, 11) is -1.97. The number of aromatic carboxylic acids is 1. The summed E-state index contributed by atoms with van der Waals surface area (Å²) >= 11 is 0. The third-order valence-corrected chi connectivity index (χ3v) is 3.10. The molecule has 0 atom stereocenters. The summed E-state index contributed by atoms with van der Waals surface area (Å²) in [5.41, 5.74) is 0.716. The molecule has 2 aromatic carbocycles. The van der Waals surface area contributed by atoms with E-state index in [1.807, 2.05) is 0 Å². The van der Waals surface area contributed by atoms with Crippen LogP contribution in [-0.2, 0) is 4.74 Å². The maximum Gasteiger partial charge on any atom is 0.489 e. The lowest BCUT2D eigenvalue weighted by molar-refractivity contribution is 0.0600. The number of methoxy groups -OCH3 is 1. The highest BCUT2D eigenvalue weighted by Gasteiger charge is 2.19. The monoisotopic (exact) mass is 346 g/mol. The highest BCUT2D eigenvalue weighted by atomic mass is 16.5. The molecular weight excluding hydrogens is 330 g/mol. The van der Waals surface area contributed by atoms with Crippen LogP contribution in [0.25, 0.3) is 0 Å². The number of carbonyl (C=O) groups is 2. The first-order valence-electron chi connectivity index (χ1n) is 7.00. The number of benzene rings is 2. The van der Waals surface area contributed by atoms with Gasteiger partial charge in [-0.05, 0) is 29.1 Å². The van der Waals surface area contributed by atoms with Gasteiger partial charge in [0.15, 0.2) is 0 Å². The lowest BCUT2D eigenvalue weighted by Gasteiger charge is -2.05. The molecule has 0 radical (unpaired) electrons. The lowest BCUT2D eigenvalue weighted by atomic mass is 9.77. The number of carboxylic acids is 1. The molecular formula is C15H16B2O8. The predicted octanol–water partition coefficient (Wildman–Crippen LogP) is -1.78. The van der Waals surface area contributed by atoms with E-state index >= 15 is 0 Å². The molecule has 2 aromatic rings. The van der Waals surface area contributed by atoms with Gasteiger partial charge in [-0.1, -0.05) is 30.3 Å². The van der Waals surface area contributed by atoms with Crippen LogP contribution in [0.4, 0.5) is 0 Å². The van der Waals surface area contributed by atoms with Crippen LogP contribution in [0.15, 0.2) is 48.5 Å². The molecule has 5 N–H and O–H groups in total. The maximum atomic E-state index is 11.1. The van der Waals surface area contributed by atoms with Crippen molar-refractivity contribution in [2.75, 3.05) is 7.11 Å². The summed E-state index contributed by atoms with van der Waals surface area (Å²) in [6.45, 7) is 0. The largest absolute Gasteiger partial charge is 0.489 e. The highest BCUT2D eigenvalue weighted by molar-refractivity contribution is 6.60. The van der Waals surface area contributed by atoms with E-state index < -0.39 is 26.2 Å². The van der Waals surface area contributed by atoms with Crippen LogP contribution in [-0.4, -0.2) is 58.5 Å². The first-order chi connectivity index (χ1) is 11.8. The number of hydrogen-bond donors (Lipinski definition) is 5. The van der Waals surface area contributed by atoms with Crippen molar-refractivity contribution in [2.24, 2.45) is 0 Å². The van der Waals surface area contributed by atoms with E-state index in [1.54, 1.807) is 12.1 Å². The zero-order valence-corrected chi connectivity index (χ0v) is 13.2. The topological polar surface area (TPSA) is 145 Å². The third kappa shape index (κ3) is 6.05. The molecule has 0 aliphatic heterocycles. The lowest BCUT2D eigenvalue weighted by Crippen LogP contribution is -2.34. The second-order valence-corrected chi connectivity index (χ2v) is 4.75. The predicted molar refractivity (Wildman–Crippen MR) is 90.8 cm³/mol. The normalized spacial score (nSPS) is 9.48. The third-order valence-electron chi connectivity index (χ3n) is 3.10. The number of carbonyl (C=O) groups excluding carboxylic acids is 1. The second-order valence-electron chi connectivity index (χ2n) is 4.75. The molecule has 8 nitrogen and oxygen atoms in total. The van der Waals surface area contributed by atoms with Crippen molar-refractivity contribution in [3.05, 3.63) is 59.7 Å². The van der Waals surface area contributed by atoms with Crippen molar-refractivity contribution < 1.29 is 39.5 Å². The molecule has 0 bridgehead atoms. The van der Waals surface area contributed by atoms with E-state index in [1.165, 1.54) is 43.5 Å². The SMILES string of the molecule is COC(=O)c1ccccc1B(O)O.O=C(O)c1ccc(B(O)O)cc1. The summed E-state index contributed by atoms with van der Waals surface area (Å²) in [5, 5.41) is 43.6. The Morgan fingerprint density at radius 3 is 1.88 bits per heavy atom. The van der Waals surface area contributed by atoms with Crippen LogP contribution >= 0.6 is 0 Å². The summed E-state index contributed by atoms with van der Waals surface area (Å²) in [6.07, 6.45) is 0. The number of hydrogen-bond acceptors (Lipinski definition) is 7. The molecule has 10 heteroatoms. The Balaban J connectivity index is 0.000000251. The number of rotatable bonds is 4. The van der Waals surface area contributed by atoms with Gasteiger partial charge in [-0.15, -0.1) is 0 Å². The Kier molecular flexibility index (Phi) is 7.83. The Morgan fingerprint density at radius 2 is 1.44 bits per heavy atom. The van der Waals surface area contributed by atoms with E-state index in [4.69, 9.17) is 25.2 Å². The van der Waals surface area contributed by atoms with Gasteiger partial charge in [0.1, 0.15) is 0 Å². The van der Waals surface area contributed by atoms with Crippen molar-refractivity contribution in [3.63, 3.8) is 0 Å². The molecule has 2 rings (SSSR count). The van der Waals surface area contributed by atoms with Crippen LogP contribution in [0, 0.1) is 0 Å². The number of ether oxygens (including phenoxy) is 1. The molecule has 0 heterocycles. The van der Waals surface area contributed by atoms with E-state index in [0.717, 1.165) is 0 Å². The summed E-state index contributed by atoms with van der Waals surface area (Å²) in [6, 6.07) is 11.5. The Morgan fingerprint density at radius 1 is 0.880 bits per heavy atom. The maximum absolute atomic E-state index is 11.1. The number of carboxylic acid groups (broad SMARTS) is 1. The Hall–Kier alpha value is -2.65. The average molecular weight is 346 g/mol. The summed E-state index contributed by atoms with van der Waals surface area (Å²) in [4.78, 5) is 21.5. The molecule has 0 unspecified atom stereocenters. The molecule has 0 aliphatic rings. The molecule has 0 amide bonds. The van der Waals surface area contributed by atoms with Gasteiger partial charge in [0.25, 0.3) is 0 Å². The standard InChI is InChI=1S/C8H9BO4.C7H7BO4/c1-13-8(10)6-4-2-3-5-7(6)9(11)12;9-7(10)5-1-3-6(4-2-5)8(11)12/h2-5,11-12H,1H3;1-4,11-12H,(H,9,10). The van der Waals surface area contributed by atoms with Crippen LogP contribution in [0.2, 0.25) is 0 Å². The van der Waals surface area contributed by atoms with E-state index in [2.05, 4.69) is 4.74 Å². The molecule has 0 saturated carbocycles. The van der Waals surface area contributed by atoms with Crippen molar-refractivity contribution in [2.45, 2.75) is 0 Å². The van der Waals surface area contributed by atoms with Gasteiger partial charge in [0.2, 0.25) is 0 Å². The van der Waals surface area contributed by atoms with Crippen LogP contribution in [0.3, 0.4) is 0 Å². The van der Waals surface area contributed by atoms with Gasteiger partial charge < -0.3 is 29.9 Å². The zero-order chi connectivity index (χ0) is 19.0. The highest BCUT2D eigenvalue weighted by Crippen LogP contribution is 1.99. The molecule has 0 saturated heterocycles.